The molecule has 5 rings (SSSR count). The number of nitrogens with zero attached hydrogens (tertiary/aromatic N) is 2. The molecule has 2 fully saturated rings. The van der Waals surface area contributed by atoms with E-state index in [1.807, 2.05) is 0 Å². The molecule has 2 heterocycles. The van der Waals surface area contributed by atoms with Crippen LogP contribution in [0.5, 0.6) is 11.5 Å². The summed E-state index contributed by atoms with van der Waals surface area (Å²) in [7, 11) is 3.27. The fourth-order valence-corrected chi connectivity index (χ4v) is 6.06. The second-order valence-corrected chi connectivity index (χ2v) is 12.7. The lowest BCUT2D eigenvalue weighted by Crippen LogP contribution is -2.37. The number of carbonyl (C=O) groups is 3. The number of aromatic nitrogens is 1. The Labute approximate surface area is 287 Å². The van der Waals surface area contributed by atoms with E-state index in [-0.39, 0.29) is 41.6 Å². The standard InChI is InChI=1S/C34H35Cl2F2N3O6.H2O/c1-40(2)32(43)22-5-3-6-23(13-22)33(44)41-12-4-7-24(41)15-31(42)46-29(16-25-26(35)17-39-18-27(25)36)21-10-11-28(47-34(37)38)30(14-21)45-19-20-8-9-20;/h3,5-6,10-11,13-14,17-18,20,24,29,34H,4,7-9,12,15-16,19H2,1-2H3;1H2/t24-,29-;/m0./s1. The van der Waals surface area contributed by atoms with Gasteiger partial charge in [-0.15, -0.1) is 0 Å². The van der Waals surface area contributed by atoms with Crippen LogP contribution in [0, 0.1) is 5.92 Å². The molecule has 10 nitrogen and oxygen atoms in total. The maximum absolute atomic E-state index is 13.5. The van der Waals surface area contributed by atoms with Crippen molar-refractivity contribution in [3.8, 4) is 11.5 Å². The Morgan fingerprint density at radius 1 is 1.00 bits per heavy atom. The van der Waals surface area contributed by atoms with Crippen molar-refractivity contribution in [1.29, 1.82) is 0 Å². The fraction of sp³-hybridized carbons (Fsp3) is 0.412. The SMILES string of the molecule is CN(C)C(=O)c1cccc(C(=O)N2CCC[C@H]2CC(=O)O[C@@H](Cc2c(Cl)c[nH+]cc2Cl)c2ccc(OC(F)F)c(OCC3CC3)c2)c1.[OH-]. The van der Waals surface area contributed by atoms with E-state index in [0.717, 1.165) is 12.8 Å². The van der Waals surface area contributed by atoms with Crippen LogP contribution >= 0.6 is 23.2 Å². The van der Waals surface area contributed by atoms with E-state index in [9.17, 15) is 23.2 Å². The summed E-state index contributed by atoms with van der Waals surface area (Å²) in [5, 5.41) is 0.646. The topological polar surface area (TPSA) is 130 Å². The average Bonchev–Trinajstić information content (AvgIpc) is 3.76. The second kappa shape index (κ2) is 16.4. The van der Waals surface area contributed by atoms with E-state index in [0.29, 0.717) is 64.2 Å². The van der Waals surface area contributed by atoms with Gasteiger partial charge in [-0.3, -0.25) is 14.4 Å². The number of nitrogens with one attached hydrogen (secondary N) is 1. The summed E-state index contributed by atoms with van der Waals surface area (Å²) in [5.74, 6) is -0.750. The molecule has 14 heteroatoms. The Morgan fingerprint density at radius 2 is 1.71 bits per heavy atom. The summed E-state index contributed by atoms with van der Waals surface area (Å²) in [5.41, 5.74) is 1.72. The van der Waals surface area contributed by atoms with Gasteiger partial charge in [0.05, 0.1) is 13.0 Å². The minimum absolute atomic E-state index is 0. The number of esters is 1. The van der Waals surface area contributed by atoms with Gasteiger partial charge in [0, 0.05) is 49.8 Å². The highest BCUT2D eigenvalue weighted by Gasteiger charge is 2.33. The van der Waals surface area contributed by atoms with Crippen LogP contribution in [-0.4, -0.2) is 73.0 Å². The van der Waals surface area contributed by atoms with Gasteiger partial charge in [-0.25, -0.2) is 4.98 Å². The molecule has 2 amide bonds. The van der Waals surface area contributed by atoms with Crippen molar-refractivity contribution in [3.05, 3.63) is 87.2 Å². The third-order valence-electron chi connectivity index (χ3n) is 8.19. The van der Waals surface area contributed by atoms with Crippen molar-refractivity contribution in [3.63, 3.8) is 0 Å². The summed E-state index contributed by atoms with van der Waals surface area (Å²) in [6, 6.07) is 10.5. The lowest BCUT2D eigenvalue weighted by atomic mass is 10.0. The molecule has 1 aliphatic carbocycles. The molecule has 2 atom stereocenters. The minimum atomic E-state index is -3.05. The molecule has 48 heavy (non-hydrogen) atoms. The van der Waals surface area contributed by atoms with Crippen LogP contribution in [0.15, 0.2) is 54.9 Å². The van der Waals surface area contributed by atoms with Crippen molar-refractivity contribution >= 4 is 41.0 Å². The van der Waals surface area contributed by atoms with E-state index >= 15 is 0 Å². The second-order valence-electron chi connectivity index (χ2n) is 11.9. The van der Waals surface area contributed by atoms with Gasteiger partial charge in [-0.1, -0.05) is 35.3 Å². The summed E-state index contributed by atoms with van der Waals surface area (Å²) >= 11 is 12.9. The maximum atomic E-state index is 13.5. The smallest absolute Gasteiger partial charge is 0.387 e. The number of hydrogen-bond acceptors (Lipinski definition) is 7. The Bertz CT molecular complexity index is 1600. The zero-order valence-electron chi connectivity index (χ0n) is 26.5. The summed E-state index contributed by atoms with van der Waals surface area (Å²) in [4.78, 5) is 45.5. The normalized spacial score (nSPS) is 16.2. The number of likely N-dealkylation sites (tertiary alicyclic amines) is 1. The van der Waals surface area contributed by atoms with Crippen molar-refractivity contribution in [1.82, 2.24) is 9.80 Å². The number of carbonyl (C=O) groups excluding carboxylic acids is 3. The monoisotopic (exact) mass is 707 g/mol. The molecule has 1 saturated heterocycles. The van der Waals surface area contributed by atoms with Gasteiger partial charge in [-0.2, -0.15) is 8.78 Å². The van der Waals surface area contributed by atoms with Gasteiger partial charge >= 0.3 is 12.6 Å². The Kier molecular flexibility index (Phi) is 12.6. The molecule has 1 aliphatic heterocycles. The number of aromatic amines is 1. The molecule has 258 valence electrons. The van der Waals surface area contributed by atoms with Crippen molar-refractivity contribution in [2.75, 3.05) is 27.2 Å². The first-order valence-electron chi connectivity index (χ1n) is 15.4. The number of halogens is 4. The molecule has 1 aromatic heterocycles. The fourth-order valence-electron chi connectivity index (χ4n) is 5.53. The van der Waals surface area contributed by atoms with Crippen molar-refractivity contribution in [2.24, 2.45) is 5.92 Å². The quantitative estimate of drug-likeness (QED) is 0.192. The molecule has 2 N–H and O–H groups in total. The van der Waals surface area contributed by atoms with E-state index in [2.05, 4.69) is 4.98 Å². The number of H-pyrrole nitrogens is 1. The van der Waals surface area contributed by atoms with Crippen molar-refractivity contribution in [2.45, 2.75) is 57.3 Å². The highest BCUT2D eigenvalue weighted by molar-refractivity contribution is 6.35. The first kappa shape index (κ1) is 36.8. The lowest BCUT2D eigenvalue weighted by molar-refractivity contribution is -0.377. The van der Waals surface area contributed by atoms with Crippen LogP contribution in [0.25, 0.3) is 0 Å². The van der Waals surface area contributed by atoms with Crippen LogP contribution in [0.1, 0.15) is 70.1 Å². The van der Waals surface area contributed by atoms with Crippen LogP contribution in [-0.2, 0) is 16.0 Å². The molecule has 0 radical (unpaired) electrons. The van der Waals surface area contributed by atoms with Crippen LogP contribution in [0.2, 0.25) is 10.0 Å². The number of hydrogen-bond donors (Lipinski definition) is 0. The maximum Gasteiger partial charge on any atom is 0.387 e. The van der Waals surface area contributed by atoms with Gasteiger partial charge in [0.1, 0.15) is 16.1 Å². The Morgan fingerprint density at radius 3 is 2.38 bits per heavy atom. The minimum Gasteiger partial charge on any atom is -0.870 e. The molecule has 0 unspecified atom stereocenters. The number of benzene rings is 2. The molecule has 0 bridgehead atoms. The molecule has 1 saturated carbocycles. The predicted molar refractivity (Wildman–Crippen MR) is 172 cm³/mol. The number of alkyl halides is 2. The zero-order valence-corrected chi connectivity index (χ0v) is 28.0. The van der Waals surface area contributed by atoms with Gasteiger partial charge < -0.3 is 29.5 Å². The highest BCUT2D eigenvalue weighted by atomic mass is 35.5. The van der Waals surface area contributed by atoms with Crippen LogP contribution < -0.4 is 14.5 Å². The first-order chi connectivity index (χ1) is 22.5. The largest absolute Gasteiger partial charge is 0.870 e. The van der Waals surface area contributed by atoms with Gasteiger partial charge in [0.15, 0.2) is 23.9 Å². The molecule has 0 spiro atoms. The molecule has 3 aromatic rings. The van der Waals surface area contributed by atoms with E-state index in [1.54, 1.807) is 55.7 Å². The van der Waals surface area contributed by atoms with Crippen LogP contribution in [0.3, 0.4) is 0 Å². The summed E-state index contributed by atoms with van der Waals surface area (Å²) in [6.07, 6.45) is 5.44. The van der Waals surface area contributed by atoms with Crippen molar-refractivity contribution < 1.29 is 47.8 Å². The first-order valence-corrected chi connectivity index (χ1v) is 16.1. The Hall–Kier alpha value is -4.00. The third kappa shape index (κ3) is 9.33. The average molecular weight is 709 g/mol. The Balaban J connectivity index is 0.00000520. The van der Waals surface area contributed by atoms with E-state index < -0.39 is 24.7 Å². The molecule has 2 aromatic carbocycles. The van der Waals surface area contributed by atoms with Gasteiger partial charge in [0.25, 0.3) is 11.8 Å². The summed E-state index contributed by atoms with van der Waals surface area (Å²) in [6.45, 7) is -2.26. The molecular weight excluding hydrogens is 671 g/mol. The molecular formula is C34H37Cl2F2N3O7. The highest BCUT2D eigenvalue weighted by Crippen LogP contribution is 2.38. The number of amides is 2. The van der Waals surface area contributed by atoms with E-state index in [4.69, 9.17) is 37.4 Å². The number of ether oxygens (including phenoxy) is 3. The predicted octanol–water partition coefficient (Wildman–Crippen LogP) is 6.24. The zero-order chi connectivity index (χ0) is 33.7. The van der Waals surface area contributed by atoms with Gasteiger partial charge in [-0.05, 0) is 67.5 Å². The van der Waals surface area contributed by atoms with Crippen LogP contribution in [0.4, 0.5) is 8.78 Å². The molecule has 2 aliphatic rings. The third-order valence-corrected chi connectivity index (χ3v) is 8.86. The van der Waals surface area contributed by atoms with Gasteiger partial charge in [0.2, 0.25) is 0 Å². The lowest BCUT2D eigenvalue weighted by Gasteiger charge is -2.26. The van der Waals surface area contributed by atoms with E-state index in [1.165, 1.54) is 23.1 Å². The summed E-state index contributed by atoms with van der Waals surface area (Å²) < 4.78 is 42.9. The number of pyridine rings is 1. The number of rotatable bonds is 13.